The monoisotopic (exact) mass is 390 g/mol. The number of nitrogens with zero attached hydrogens (tertiary/aromatic N) is 4. The van der Waals surface area contributed by atoms with Gasteiger partial charge in [0.05, 0.1) is 5.69 Å². The third-order valence-corrected chi connectivity index (χ3v) is 6.00. The summed E-state index contributed by atoms with van der Waals surface area (Å²) in [6.45, 7) is 2.87. The Hall–Kier alpha value is -2.93. The number of hydrogen-bond donors (Lipinski definition) is 2. The molecule has 1 amide bonds. The summed E-state index contributed by atoms with van der Waals surface area (Å²) in [7, 11) is 0. The zero-order valence-electron chi connectivity index (χ0n) is 16.5. The summed E-state index contributed by atoms with van der Waals surface area (Å²) in [5.74, 6) is 0.736. The van der Waals surface area contributed by atoms with Crippen LogP contribution in [0.1, 0.15) is 42.0 Å². The first-order valence-corrected chi connectivity index (χ1v) is 10.4. The zero-order chi connectivity index (χ0) is 19.8. The van der Waals surface area contributed by atoms with Crippen LogP contribution in [0.25, 0.3) is 10.8 Å². The predicted molar refractivity (Wildman–Crippen MR) is 114 cm³/mol. The Labute approximate surface area is 169 Å². The van der Waals surface area contributed by atoms with E-state index in [-0.39, 0.29) is 11.9 Å². The van der Waals surface area contributed by atoms with Gasteiger partial charge in [-0.3, -0.25) is 9.78 Å². The van der Waals surface area contributed by atoms with Gasteiger partial charge in [-0.25, -0.2) is 4.98 Å². The number of fused-ring (bicyclic) bond motifs is 2. The lowest BCUT2D eigenvalue weighted by molar-refractivity contribution is 0.102. The van der Waals surface area contributed by atoms with Crippen molar-refractivity contribution in [3.63, 3.8) is 0 Å². The molecule has 7 heteroatoms. The van der Waals surface area contributed by atoms with Crippen LogP contribution in [0.4, 0.5) is 11.4 Å². The van der Waals surface area contributed by atoms with E-state index in [0.29, 0.717) is 12.2 Å². The standard InChI is InChI=1S/C22H26N6O/c23-15-4-7-21-25-19(14-28(21)13-15)22(29)26-18-5-6-20(27-10-2-1-3-11-27)16-8-9-24-12-17(16)18/h5-6,8-9,12,14-15H,1-4,7,10-11,13,23H2,(H,26,29). The van der Waals surface area contributed by atoms with Crippen molar-refractivity contribution in [1.82, 2.24) is 14.5 Å². The second kappa shape index (κ2) is 7.48. The first-order valence-electron chi connectivity index (χ1n) is 10.4. The molecule has 1 unspecified atom stereocenters. The van der Waals surface area contributed by atoms with E-state index >= 15 is 0 Å². The number of hydrogen-bond acceptors (Lipinski definition) is 5. The molecule has 2 aromatic heterocycles. The molecule has 1 fully saturated rings. The molecule has 0 saturated carbocycles. The molecule has 1 saturated heterocycles. The smallest absolute Gasteiger partial charge is 0.275 e. The molecule has 3 N–H and O–H groups in total. The van der Waals surface area contributed by atoms with Crippen molar-refractivity contribution in [3.8, 4) is 0 Å². The fraction of sp³-hybridized carbons (Fsp3) is 0.409. The Morgan fingerprint density at radius 1 is 1.14 bits per heavy atom. The number of imidazole rings is 1. The van der Waals surface area contributed by atoms with E-state index in [0.717, 1.165) is 48.2 Å². The number of amides is 1. The van der Waals surface area contributed by atoms with Gasteiger partial charge >= 0.3 is 0 Å². The second-order valence-corrected chi connectivity index (χ2v) is 8.05. The lowest BCUT2D eigenvalue weighted by Crippen LogP contribution is -2.31. The number of carbonyl (C=O) groups is 1. The number of anilines is 2. The summed E-state index contributed by atoms with van der Waals surface area (Å²) in [4.78, 5) is 24.2. The van der Waals surface area contributed by atoms with Crippen molar-refractivity contribution < 1.29 is 4.79 Å². The highest BCUT2D eigenvalue weighted by Crippen LogP contribution is 2.33. The van der Waals surface area contributed by atoms with Gasteiger partial charge in [0, 0.05) is 67.1 Å². The summed E-state index contributed by atoms with van der Waals surface area (Å²) in [5, 5.41) is 5.12. The number of nitrogens with one attached hydrogen (secondary N) is 1. The summed E-state index contributed by atoms with van der Waals surface area (Å²) in [6.07, 6.45) is 10.9. The van der Waals surface area contributed by atoms with E-state index in [1.807, 2.05) is 35.3 Å². The molecule has 0 bridgehead atoms. The number of aromatic nitrogens is 3. The third-order valence-electron chi connectivity index (χ3n) is 6.00. The molecule has 7 nitrogen and oxygen atoms in total. The van der Waals surface area contributed by atoms with Gasteiger partial charge in [0.2, 0.25) is 0 Å². The van der Waals surface area contributed by atoms with Gasteiger partial charge in [-0.15, -0.1) is 0 Å². The first kappa shape index (κ1) is 18.1. The molecule has 1 atom stereocenters. The Balaban J connectivity index is 1.44. The molecule has 5 rings (SSSR count). The SMILES string of the molecule is NC1CCc2nc(C(=O)Nc3ccc(N4CCCCC4)c4ccncc34)cn2C1. The number of nitrogens with two attached hydrogens (primary N) is 1. The van der Waals surface area contributed by atoms with Crippen LogP contribution in [0, 0.1) is 0 Å². The largest absolute Gasteiger partial charge is 0.371 e. The van der Waals surface area contributed by atoms with Crippen molar-refractivity contribution in [1.29, 1.82) is 0 Å². The first-order chi connectivity index (χ1) is 14.2. The predicted octanol–water partition coefficient (Wildman–Crippen LogP) is 2.95. The molecule has 2 aliphatic heterocycles. The maximum atomic E-state index is 12.9. The number of rotatable bonds is 3. The van der Waals surface area contributed by atoms with E-state index in [4.69, 9.17) is 5.73 Å². The summed E-state index contributed by atoms with van der Waals surface area (Å²) in [5.41, 5.74) is 8.45. The van der Waals surface area contributed by atoms with E-state index < -0.39 is 0 Å². The molecular weight excluding hydrogens is 364 g/mol. The number of pyridine rings is 1. The van der Waals surface area contributed by atoms with Gasteiger partial charge in [-0.05, 0) is 43.9 Å². The zero-order valence-corrected chi connectivity index (χ0v) is 16.5. The molecule has 3 aromatic rings. The maximum absolute atomic E-state index is 12.9. The van der Waals surface area contributed by atoms with Crippen molar-refractivity contribution in [2.75, 3.05) is 23.3 Å². The minimum absolute atomic E-state index is 0.130. The highest BCUT2D eigenvalue weighted by atomic mass is 16.1. The Morgan fingerprint density at radius 2 is 2.00 bits per heavy atom. The van der Waals surface area contributed by atoms with Gasteiger partial charge in [-0.1, -0.05) is 0 Å². The second-order valence-electron chi connectivity index (χ2n) is 8.05. The van der Waals surface area contributed by atoms with Gasteiger partial charge in [0.1, 0.15) is 11.5 Å². The number of aryl methyl sites for hydroxylation is 1. The highest BCUT2D eigenvalue weighted by molar-refractivity contribution is 6.10. The molecule has 4 heterocycles. The molecule has 1 aromatic carbocycles. The van der Waals surface area contributed by atoms with E-state index in [1.165, 1.54) is 24.9 Å². The fourth-order valence-electron chi connectivity index (χ4n) is 4.46. The molecule has 0 spiro atoms. The minimum atomic E-state index is -0.198. The van der Waals surface area contributed by atoms with Gasteiger partial charge < -0.3 is 20.5 Å². The number of carbonyl (C=O) groups excluding carboxylic acids is 1. The quantitative estimate of drug-likeness (QED) is 0.718. The molecule has 2 aliphatic rings. The molecule has 0 aliphatic carbocycles. The normalized spacial score (nSPS) is 19.2. The fourth-order valence-corrected chi connectivity index (χ4v) is 4.46. The van der Waals surface area contributed by atoms with Gasteiger partial charge in [-0.2, -0.15) is 0 Å². The van der Waals surface area contributed by atoms with Crippen LogP contribution in [0.2, 0.25) is 0 Å². The van der Waals surface area contributed by atoms with Crippen LogP contribution in [0.15, 0.2) is 36.8 Å². The van der Waals surface area contributed by atoms with Crippen LogP contribution in [0.5, 0.6) is 0 Å². The van der Waals surface area contributed by atoms with Crippen LogP contribution in [-0.4, -0.2) is 39.6 Å². The van der Waals surface area contributed by atoms with Crippen molar-refractivity contribution in [3.05, 3.63) is 48.3 Å². The topological polar surface area (TPSA) is 89.1 Å². The summed E-state index contributed by atoms with van der Waals surface area (Å²) < 4.78 is 2.00. The average molecular weight is 390 g/mol. The van der Waals surface area contributed by atoms with Crippen LogP contribution in [0.3, 0.4) is 0 Å². The van der Waals surface area contributed by atoms with Crippen molar-refractivity contribution in [2.24, 2.45) is 5.73 Å². The maximum Gasteiger partial charge on any atom is 0.275 e. The summed E-state index contributed by atoms with van der Waals surface area (Å²) in [6, 6.07) is 6.26. The minimum Gasteiger partial charge on any atom is -0.371 e. The lowest BCUT2D eigenvalue weighted by atomic mass is 10.1. The van der Waals surface area contributed by atoms with Crippen molar-refractivity contribution >= 4 is 28.1 Å². The molecule has 29 heavy (non-hydrogen) atoms. The van der Waals surface area contributed by atoms with Crippen LogP contribution < -0.4 is 16.0 Å². The molecule has 150 valence electrons. The van der Waals surface area contributed by atoms with Crippen LogP contribution >= 0.6 is 0 Å². The summed E-state index contributed by atoms with van der Waals surface area (Å²) >= 11 is 0. The molecule has 0 radical (unpaired) electrons. The van der Waals surface area contributed by atoms with E-state index in [9.17, 15) is 4.79 Å². The lowest BCUT2D eigenvalue weighted by Gasteiger charge is -2.30. The van der Waals surface area contributed by atoms with Gasteiger partial charge in [0.25, 0.3) is 5.91 Å². The molecular formula is C22H26N6O. The Morgan fingerprint density at radius 3 is 2.86 bits per heavy atom. The van der Waals surface area contributed by atoms with Crippen molar-refractivity contribution in [2.45, 2.75) is 44.7 Å². The average Bonchev–Trinajstić information content (AvgIpc) is 3.18. The Kier molecular flexibility index (Phi) is 4.67. The van der Waals surface area contributed by atoms with E-state index in [1.54, 1.807) is 0 Å². The highest BCUT2D eigenvalue weighted by Gasteiger charge is 2.21. The number of piperidine rings is 1. The van der Waals surface area contributed by atoms with Gasteiger partial charge in [0.15, 0.2) is 0 Å². The number of benzene rings is 1. The Bertz CT molecular complexity index is 1050. The van der Waals surface area contributed by atoms with E-state index in [2.05, 4.69) is 26.3 Å². The van der Waals surface area contributed by atoms with Crippen LogP contribution in [-0.2, 0) is 13.0 Å². The third kappa shape index (κ3) is 3.46.